The number of allylic oxidation sites excluding steroid dienone is 4. The fraction of sp³-hybridized carbons (Fsp3) is 0.125. The number of fused-ring (bicyclic) bond motifs is 1. The summed E-state index contributed by atoms with van der Waals surface area (Å²) in [5, 5.41) is 9.32. The highest BCUT2D eigenvalue weighted by Crippen LogP contribution is 2.55. The molecule has 2 aliphatic heterocycles. The first kappa shape index (κ1) is 11.2. The predicted octanol–water partition coefficient (Wildman–Crippen LogP) is 2.83. The van der Waals surface area contributed by atoms with Crippen molar-refractivity contribution in [3.05, 3.63) is 65.1 Å². The minimum Gasteiger partial charge on any atom is -0.478 e. The van der Waals surface area contributed by atoms with Gasteiger partial charge in [-0.25, -0.2) is 4.79 Å². The molecule has 1 aliphatic carbocycles. The molecule has 0 radical (unpaired) electrons. The number of para-hydroxylation sites is 1. The Hall–Kier alpha value is -2.62. The highest BCUT2D eigenvalue weighted by Gasteiger charge is 2.49. The summed E-state index contributed by atoms with van der Waals surface area (Å²) in [5.41, 5.74) is 1.75. The zero-order chi connectivity index (χ0) is 13.7. The highest BCUT2D eigenvalue weighted by molar-refractivity contribution is 5.93. The van der Waals surface area contributed by atoms with Crippen molar-refractivity contribution in [2.24, 2.45) is 4.99 Å². The van der Waals surface area contributed by atoms with Crippen LogP contribution in [0.4, 0.5) is 0 Å². The molecule has 1 aromatic rings. The number of carboxylic acids is 1. The summed E-state index contributed by atoms with van der Waals surface area (Å²) in [7, 11) is 0. The summed E-state index contributed by atoms with van der Waals surface area (Å²) in [5.74, 6) is 0.262. The third-order valence-electron chi connectivity index (χ3n) is 4.07. The van der Waals surface area contributed by atoms with E-state index in [0.717, 1.165) is 16.9 Å². The van der Waals surface area contributed by atoms with Crippen LogP contribution in [-0.2, 0) is 5.41 Å². The van der Waals surface area contributed by atoms with Gasteiger partial charge in [0.25, 0.3) is 0 Å². The molecule has 0 saturated carbocycles. The SMILES string of the molecule is O=C(O)c1cccc2c1OC1=CC=CC3=CN=CCC312. The quantitative estimate of drug-likeness (QED) is 0.849. The lowest BCUT2D eigenvalue weighted by Gasteiger charge is -2.32. The van der Waals surface area contributed by atoms with Gasteiger partial charge in [0.15, 0.2) is 0 Å². The topological polar surface area (TPSA) is 58.9 Å². The second-order valence-electron chi connectivity index (χ2n) is 5.01. The van der Waals surface area contributed by atoms with Crippen LogP contribution in [0.3, 0.4) is 0 Å². The molecule has 4 heteroatoms. The largest absolute Gasteiger partial charge is 0.478 e. The van der Waals surface area contributed by atoms with Gasteiger partial charge in [-0.05, 0) is 17.7 Å². The Kier molecular flexibility index (Phi) is 2.07. The Labute approximate surface area is 115 Å². The Morgan fingerprint density at radius 1 is 1.40 bits per heavy atom. The molecule has 0 amide bonds. The third-order valence-corrected chi connectivity index (χ3v) is 4.07. The van der Waals surface area contributed by atoms with Crippen LogP contribution in [0.25, 0.3) is 0 Å². The summed E-state index contributed by atoms with van der Waals surface area (Å²) in [6, 6.07) is 5.28. The lowest BCUT2D eigenvalue weighted by Crippen LogP contribution is -2.31. The lowest BCUT2D eigenvalue weighted by atomic mass is 9.69. The molecule has 0 saturated heterocycles. The Bertz CT molecular complexity index is 755. The van der Waals surface area contributed by atoms with E-state index in [1.54, 1.807) is 12.1 Å². The van der Waals surface area contributed by atoms with E-state index in [4.69, 9.17) is 4.74 Å². The predicted molar refractivity (Wildman–Crippen MR) is 74.1 cm³/mol. The fourth-order valence-corrected chi connectivity index (χ4v) is 3.14. The van der Waals surface area contributed by atoms with Crippen LogP contribution in [0.15, 0.2) is 59.0 Å². The van der Waals surface area contributed by atoms with Crippen molar-refractivity contribution in [1.82, 2.24) is 0 Å². The van der Waals surface area contributed by atoms with Crippen LogP contribution >= 0.6 is 0 Å². The maximum Gasteiger partial charge on any atom is 0.339 e. The first-order chi connectivity index (χ1) is 9.73. The van der Waals surface area contributed by atoms with E-state index >= 15 is 0 Å². The van der Waals surface area contributed by atoms with Crippen LogP contribution in [0.2, 0.25) is 0 Å². The molecule has 1 unspecified atom stereocenters. The van der Waals surface area contributed by atoms with E-state index in [0.29, 0.717) is 12.2 Å². The number of carbonyl (C=O) groups is 1. The average molecular weight is 265 g/mol. The number of hydrogen-bond acceptors (Lipinski definition) is 3. The number of ether oxygens (including phenoxy) is 1. The van der Waals surface area contributed by atoms with Gasteiger partial charge in [0.05, 0.1) is 5.41 Å². The molecule has 4 rings (SSSR count). The van der Waals surface area contributed by atoms with E-state index in [1.807, 2.05) is 36.7 Å². The van der Waals surface area contributed by atoms with Crippen LogP contribution in [-0.4, -0.2) is 17.3 Å². The summed E-state index contributed by atoms with van der Waals surface area (Å²) in [6.07, 6.45) is 10.2. The zero-order valence-electron chi connectivity index (χ0n) is 10.5. The molecular formula is C16H11NO3. The Morgan fingerprint density at radius 2 is 2.30 bits per heavy atom. The van der Waals surface area contributed by atoms with Gasteiger partial charge < -0.3 is 9.84 Å². The first-order valence-electron chi connectivity index (χ1n) is 6.39. The van der Waals surface area contributed by atoms with Crippen LogP contribution in [0, 0.1) is 0 Å². The Morgan fingerprint density at radius 3 is 3.15 bits per heavy atom. The smallest absolute Gasteiger partial charge is 0.339 e. The summed E-state index contributed by atoms with van der Waals surface area (Å²) in [4.78, 5) is 15.6. The molecule has 20 heavy (non-hydrogen) atoms. The van der Waals surface area contributed by atoms with Gasteiger partial charge >= 0.3 is 5.97 Å². The van der Waals surface area contributed by atoms with Crippen molar-refractivity contribution in [1.29, 1.82) is 0 Å². The van der Waals surface area contributed by atoms with Gasteiger partial charge in [-0.1, -0.05) is 24.3 Å². The molecule has 1 atom stereocenters. The molecule has 1 N–H and O–H groups in total. The number of carboxylic acid groups (broad SMARTS) is 1. The van der Waals surface area contributed by atoms with E-state index in [1.165, 1.54) is 0 Å². The van der Waals surface area contributed by atoms with Crippen LogP contribution in [0.5, 0.6) is 5.75 Å². The fourth-order valence-electron chi connectivity index (χ4n) is 3.14. The van der Waals surface area contributed by atoms with Crippen molar-refractivity contribution in [2.45, 2.75) is 11.8 Å². The number of aliphatic imine (C=N–C) groups is 1. The standard InChI is InChI=1S/C16H11NO3/c18-15(19)11-4-2-5-12-14(11)20-13-6-1-3-10-9-17-8-7-16(10,12)13/h1-6,8-9H,7H2,(H,18,19). The molecule has 0 aromatic heterocycles. The number of hydrogen-bond donors (Lipinski definition) is 1. The number of nitrogens with zero attached hydrogens (tertiary/aromatic N) is 1. The van der Waals surface area contributed by atoms with Gasteiger partial charge in [0, 0.05) is 24.4 Å². The molecule has 4 nitrogen and oxygen atoms in total. The number of benzene rings is 1. The second kappa shape index (κ2) is 3.70. The van der Waals surface area contributed by atoms with E-state index in [2.05, 4.69) is 4.99 Å². The molecule has 0 fully saturated rings. The van der Waals surface area contributed by atoms with Crippen molar-refractivity contribution in [3.63, 3.8) is 0 Å². The average Bonchev–Trinajstić information content (AvgIpc) is 2.79. The lowest BCUT2D eigenvalue weighted by molar-refractivity contribution is 0.0694. The molecule has 2 heterocycles. The molecule has 3 aliphatic rings. The van der Waals surface area contributed by atoms with Crippen molar-refractivity contribution >= 4 is 12.2 Å². The molecule has 98 valence electrons. The monoisotopic (exact) mass is 265 g/mol. The number of rotatable bonds is 1. The van der Waals surface area contributed by atoms with E-state index in [-0.39, 0.29) is 5.56 Å². The summed E-state index contributed by atoms with van der Waals surface area (Å²) >= 11 is 0. The normalized spacial score (nSPS) is 25.0. The van der Waals surface area contributed by atoms with Gasteiger partial charge in [0.2, 0.25) is 0 Å². The molecule has 1 aromatic carbocycles. The van der Waals surface area contributed by atoms with Gasteiger partial charge in [-0.15, -0.1) is 0 Å². The van der Waals surface area contributed by atoms with E-state index < -0.39 is 11.4 Å². The van der Waals surface area contributed by atoms with Crippen molar-refractivity contribution in [2.75, 3.05) is 0 Å². The van der Waals surface area contributed by atoms with Crippen LogP contribution < -0.4 is 4.74 Å². The number of aromatic carboxylic acids is 1. The summed E-state index contributed by atoms with van der Waals surface area (Å²) < 4.78 is 5.89. The van der Waals surface area contributed by atoms with E-state index in [9.17, 15) is 9.90 Å². The van der Waals surface area contributed by atoms with Gasteiger partial charge in [0.1, 0.15) is 17.1 Å². The first-order valence-corrected chi connectivity index (χ1v) is 6.39. The van der Waals surface area contributed by atoms with Crippen molar-refractivity contribution < 1.29 is 14.6 Å². The molecular weight excluding hydrogens is 254 g/mol. The highest BCUT2D eigenvalue weighted by atomic mass is 16.5. The van der Waals surface area contributed by atoms with Gasteiger partial charge in [-0.2, -0.15) is 0 Å². The zero-order valence-corrected chi connectivity index (χ0v) is 10.5. The molecule has 0 bridgehead atoms. The Balaban J connectivity index is 2.02. The minimum absolute atomic E-state index is 0.203. The van der Waals surface area contributed by atoms with Crippen LogP contribution in [0.1, 0.15) is 22.3 Å². The molecule has 1 spiro atoms. The van der Waals surface area contributed by atoms with Gasteiger partial charge in [-0.3, -0.25) is 4.99 Å². The second-order valence-corrected chi connectivity index (χ2v) is 5.01. The third kappa shape index (κ3) is 1.20. The maximum atomic E-state index is 11.4. The summed E-state index contributed by atoms with van der Waals surface area (Å²) in [6.45, 7) is 0. The van der Waals surface area contributed by atoms with Crippen molar-refractivity contribution in [3.8, 4) is 5.75 Å². The minimum atomic E-state index is -0.972. The maximum absolute atomic E-state index is 11.4.